The molecule has 3 rings (SSSR count). The first-order valence-corrected chi connectivity index (χ1v) is 7.38. The number of hydrogen-bond acceptors (Lipinski definition) is 4. The second kappa shape index (κ2) is 4.85. The van der Waals surface area contributed by atoms with E-state index in [1.54, 1.807) is 18.4 Å². The van der Waals surface area contributed by atoms with E-state index in [0.29, 0.717) is 6.04 Å². The molecule has 1 aliphatic rings. The topological polar surface area (TPSA) is 34.1 Å². The van der Waals surface area contributed by atoms with Gasteiger partial charge in [-0.25, -0.2) is 4.98 Å². The van der Waals surface area contributed by atoms with Crippen molar-refractivity contribution in [1.82, 2.24) is 4.98 Å². The van der Waals surface area contributed by atoms with Gasteiger partial charge in [-0.05, 0) is 38.8 Å². The van der Waals surface area contributed by atoms with Crippen molar-refractivity contribution >= 4 is 16.5 Å². The van der Waals surface area contributed by atoms with Crippen molar-refractivity contribution in [2.24, 2.45) is 0 Å². The zero-order chi connectivity index (χ0) is 13.4. The quantitative estimate of drug-likeness (QED) is 0.914. The van der Waals surface area contributed by atoms with Crippen LogP contribution >= 0.6 is 11.3 Å². The van der Waals surface area contributed by atoms with Crippen LogP contribution in [0.25, 0.3) is 11.3 Å². The Morgan fingerprint density at radius 2 is 2.11 bits per heavy atom. The molecule has 1 aliphatic carbocycles. The van der Waals surface area contributed by atoms with E-state index in [0.717, 1.165) is 22.1 Å². The van der Waals surface area contributed by atoms with E-state index in [1.807, 2.05) is 6.07 Å². The Kier molecular flexibility index (Phi) is 3.19. The van der Waals surface area contributed by atoms with Crippen LogP contribution in [0.5, 0.6) is 5.75 Å². The fraction of sp³-hybridized carbons (Fsp3) is 0.400. The summed E-state index contributed by atoms with van der Waals surface area (Å²) in [5.74, 6) is 0.886. The molecule has 0 bridgehead atoms. The van der Waals surface area contributed by atoms with Gasteiger partial charge in [-0.2, -0.15) is 0 Å². The lowest BCUT2D eigenvalue weighted by Gasteiger charge is -2.08. The lowest BCUT2D eigenvalue weighted by atomic mass is 10.1. The minimum absolute atomic E-state index is 0.637. The Labute approximate surface area is 117 Å². The summed E-state index contributed by atoms with van der Waals surface area (Å²) in [7, 11) is 1.71. The average molecular weight is 274 g/mol. The summed E-state index contributed by atoms with van der Waals surface area (Å²) in [6, 6.07) is 6.85. The van der Waals surface area contributed by atoms with Gasteiger partial charge in [-0.3, -0.25) is 0 Å². The normalized spacial score (nSPS) is 14.5. The molecule has 0 saturated heterocycles. The molecular formula is C15H18N2OS. The highest BCUT2D eigenvalue weighted by molar-refractivity contribution is 7.16. The van der Waals surface area contributed by atoms with Gasteiger partial charge in [0.15, 0.2) is 5.13 Å². The van der Waals surface area contributed by atoms with E-state index in [2.05, 4.69) is 31.3 Å². The van der Waals surface area contributed by atoms with Gasteiger partial charge in [0, 0.05) is 16.5 Å². The van der Waals surface area contributed by atoms with Crippen LogP contribution in [0.4, 0.5) is 5.13 Å². The third kappa shape index (κ3) is 2.59. The second-order valence-electron chi connectivity index (χ2n) is 5.05. The van der Waals surface area contributed by atoms with E-state index in [-0.39, 0.29) is 0 Å². The van der Waals surface area contributed by atoms with E-state index >= 15 is 0 Å². The number of methoxy groups -OCH3 is 1. The number of nitrogens with zero attached hydrogens (tertiary/aromatic N) is 1. The maximum atomic E-state index is 5.46. The van der Waals surface area contributed by atoms with E-state index in [4.69, 9.17) is 9.72 Å². The molecule has 0 amide bonds. The molecule has 3 nitrogen and oxygen atoms in total. The van der Waals surface area contributed by atoms with E-state index in [9.17, 15) is 0 Å². The fourth-order valence-electron chi connectivity index (χ4n) is 2.12. The van der Waals surface area contributed by atoms with Gasteiger partial charge in [0.1, 0.15) is 5.75 Å². The van der Waals surface area contributed by atoms with Crippen molar-refractivity contribution in [3.05, 3.63) is 28.6 Å². The summed E-state index contributed by atoms with van der Waals surface area (Å²) >= 11 is 1.72. The summed E-state index contributed by atoms with van der Waals surface area (Å²) in [6.07, 6.45) is 2.53. The molecule has 100 valence electrons. The van der Waals surface area contributed by atoms with Crippen LogP contribution in [0.15, 0.2) is 18.2 Å². The number of ether oxygens (including phenoxy) is 1. The molecule has 2 aromatic rings. The van der Waals surface area contributed by atoms with Crippen LogP contribution in [0.3, 0.4) is 0 Å². The Morgan fingerprint density at radius 3 is 2.79 bits per heavy atom. The first-order chi connectivity index (χ1) is 9.17. The first kappa shape index (κ1) is 12.5. The standard InChI is InChI=1S/C15H18N2OS/c1-9-4-7-13(18-3)12(8-9)14-10(2)19-15(17-14)16-11-5-6-11/h4,7-8,11H,5-6H2,1-3H3,(H,16,17). The Hall–Kier alpha value is -1.55. The molecular weight excluding hydrogens is 256 g/mol. The number of hydrogen-bond donors (Lipinski definition) is 1. The summed E-state index contributed by atoms with van der Waals surface area (Å²) in [5.41, 5.74) is 3.34. The molecule has 0 aliphatic heterocycles. The minimum Gasteiger partial charge on any atom is -0.496 e. The molecule has 0 spiro atoms. The molecule has 1 aromatic carbocycles. The van der Waals surface area contributed by atoms with Gasteiger partial charge in [0.05, 0.1) is 12.8 Å². The maximum Gasteiger partial charge on any atom is 0.183 e. The van der Waals surface area contributed by atoms with Crippen molar-refractivity contribution in [3.63, 3.8) is 0 Å². The summed E-state index contributed by atoms with van der Waals surface area (Å²) in [5, 5.41) is 4.49. The van der Waals surface area contributed by atoms with Gasteiger partial charge >= 0.3 is 0 Å². The summed E-state index contributed by atoms with van der Waals surface area (Å²) in [6.45, 7) is 4.21. The highest BCUT2D eigenvalue weighted by Crippen LogP contribution is 2.37. The SMILES string of the molecule is COc1ccc(C)cc1-c1nc(NC2CC2)sc1C. The molecule has 1 heterocycles. The van der Waals surface area contributed by atoms with Gasteiger partial charge in [-0.1, -0.05) is 11.6 Å². The van der Waals surface area contributed by atoms with Crippen molar-refractivity contribution < 1.29 is 4.74 Å². The van der Waals surface area contributed by atoms with Crippen LogP contribution in [0.2, 0.25) is 0 Å². The molecule has 0 radical (unpaired) electrons. The third-order valence-electron chi connectivity index (χ3n) is 3.31. The average Bonchev–Trinajstić information content (AvgIpc) is 3.12. The van der Waals surface area contributed by atoms with Gasteiger partial charge in [-0.15, -0.1) is 11.3 Å². The van der Waals surface area contributed by atoms with Gasteiger partial charge in [0.2, 0.25) is 0 Å². The Morgan fingerprint density at radius 1 is 1.32 bits per heavy atom. The zero-order valence-corrected chi connectivity index (χ0v) is 12.3. The number of rotatable bonds is 4. The number of aryl methyl sites for hydroxylation is 2. The Balaban J connectivity index is 2.00. The molecule has 4 heteroatoms. The molecule has 1 fully saturated rings. The zero-order valence-electron chi connectivity index (χ0n) is 11.5. The molecule has 0 unspecified atom stereocenters. The number of benzene rings is 1. The summed E-state index contributed by atoms with van der Waals surface area (Å²) < 4.78 is 5.46. The van der Waals surface area contributed by atoms with E-state index in [1.165, 1.54) is 23.3 Å². The van der Waals surface area contributed by atoms with E-state index < -0.39 is 0 Å². The van der Waals surface area contributed by atoms with Crippen molar-refractivity contribution in [2.75, 3.05) is 12.4 Å². The predicted octanol–water partition coefficient (Wildman–Crippen LogP) is 4.01. The van der Waals surface area contributed by atoms with Crippen LogP contribution in [-0.4, -0.2) is 18.1 Å². The molecule has 1 saturated carbocycles. The lowest BCUT2D eigenvalue weighted by molar-refractivity contribution is 0.416. The first-order valence-electron chi connectivity index (χ1n) is 6.56. The van der Waals surface area contributed by atoms with Crippen LogP contribution in [-0.2, 0) is 0 Å². The third-order valence-corrected chi connectivity index (χ3v) is 4.21. The maximum absolute atomic E-state index is 5.46. The van der Waals surface area contributed by atoms with Crippen LogP contribution in [0, 0.1) is 13.8 Å². The predicted molar refractivity (Wildman–Crippen MR) is 80.2 cm³/mol. The fourth-order valence-corrected chi connectivity index (χ4v) is 3.02. The monoisotopic (exact) mass is 274 g/mol. The number of anilines is 1. The Bertz CT molecular complexity index is 602. The number of aromatic nitrogens is 1. The second-order valence-corrected chi connectivity index (χ2v) is 6.25. The van der Waals surface area contributed by atoms with Crippen LogP contribution in [0.1, 0.15) is 23.3 Å². The van der Waals surface area contributed by atoms with Gasteiger partial charge in [0.25, 0.3) is 0 Å². The molecule has 19 heavy (non-hydrogen) atoms. The van der Waals surface area contributed by atoms with Crippen molar-refractivity contribution in [1.29, 1.82) is 0 Å². The highest BCUT2D eigenvalue weighted by Gasteiger charge is 2.23. The minimum atomic E-state index is 0.637. The molecule has 0 atom stereocenters. The number of thiazole rings is 1. The lowest BCUT2D eigenvalue weighted by Crippen LogP contribution is -1.99. The largest absolute Gasteiger partial charge is 0.496 e. The van der Waals surface area contributed by atoms with Crippen molar-refractivity contribution in [2.45, 2.75) is 32.7 Å². The summed E-state index contributed by atoms with van der Waals surface area (Å²) in [4.78, 5) is 5.97. The highest BCUT2D eigenvalue weighted by atomic mass is 32.1. The molecule has 1 N–H and O–H groups in total. The van der Waals surface area contributed by atoms with Gasteiger partial charge < -0.3 is 10.1 Å². The van der Waals surface area contributed by atoms with Crippen LogP contribution < -0.4 is 10.1 Å². The molecule has 1 aromatic heterocycles. The van der Waals surface area contributed by atoms with Crippen molar-refractivity contribution in [3.8, 4) is 17.0 Å². The smallest absolute Gasteiger partial charge is 0.183 e. The number of nitrogens with one attached hydrogen (secondary N) is 1.